The lowest BCUT2D eigenvalue weighted by Gasteiger charge is -2.37. The lowest BCUT2D eigenvalue weighted by Crippen LogP contribution is -2.49. The Kier molecular flexibility index (Phi) is 6.62. The van der Waals surface area contributed by atoms with E-state index in [1.807, 2.05) is 0 Å². The van der Waals surface area contributed by atoms with Gasteiger partial charge in [0.05, 0.1) is 18.4 Å². The Balaban J connectivity index is 1.64. The predicted molar refractivity (Wildman–Crippen MR) is 103 cm³/mol. The summed E-state index contributed by atoms with van der Waals surface area (Å²) in [6.45, 7) is 6.84. The van der Waals surface area contributed by atoms with E-state index < -0.39 is 10.0 Å². The second-order valence-corrected chi connectivity index (χ2v) is 9.58. The number of carbonyl (C=O) groups excluding carboxylic acids is 2. The van der Waals surface area contributed by atoms with Crippen LogP contribution in [-0.2, 0) is 24.3 Å². The number of sulfonamides is 1. The fourth-order valence-electron chi connectivity index (χ4n) is 4.19. The number of rotatable bonds is 5. The van der Waals surface area contributed by atoms with E-state index in [9.17, 15) is 18.0 Å². The summed E-state index contributed by atoms with van der Waals surface area (Å²) in [4.78, 5) is 26.7. The largest absolute Gasteiger partial charge is 0.466 e. The maximum atomic E-state index is 13.1. The van der Waals surface area contributed by atoms with E-state index in [-0.39, 0.29) is 40.9 Å². The Morgan fingerprint density at radius 1 is 1.14 bits per heavy atom. The molecule has 2 aliphatic rings. The van der Waals surface area contributed by atoms with Crippen LogP contribution in [0.3, 0.4) is 0 Å². The molecule has 1 aromatic heterocycles. The summed E-state index contributed by atoms with van der Waals surface area (Å²) in [6.07, 6.45) is 2.44. The molecular weight excluding hydrogens is 398 g/mol. The molecule has 162 valence electrons. The Morgan fingerprint density at radius 2 is 1.83 bits per heavy atom. The maximum absolute atomic E-state index is 13.1. The highest BCUT2D eigenvalue weighted by molar-refractivity contribution is 7.89. The van der Waals surface area contributed by atoms with Gasteiger partial charge >= 0.3 is 5.97 Å². The lowest BCUT2D eigenvalue weighted by molar-refractivity contribution is -0.152. The summed E-state index contributed by atoms with van der Waals surface area (Å²) in [7, 11) is -3.76. The molecule has 1 atom stereocenters. The minimum absolute atomic E-state index is 0.0361. The van der Waals surface area contributed by atoms with Crippen molar-refractivity contribution in [2.24, 2.45) is 11.8 Å². The van der Waals surface area contributed by atoms with Crippen molar-refractivity contribution in [1.29, 1.82) is 0 Å². The van der Waals surface area contributed by atoms with Crippen molar-refractivity contribution in [2.75, 3.05) is 32.8 Å². The van der Waals surface area contributed by atoms with Crippen LogP contribution in [0, 0.1) is 25.7 Å². The highest BCUT2D eigenvalue weighted by atomic mass is 32.2. The normalized spacial score (nSPS) is 21.9. The van der Waals surface area contributed by atoms with Crippen LogP contribution in [0.15, 0.2) is 9.42 Å². The second-order valence-electron chi connectivity index (χ2n) is 7.71. The molecule has 3 heterocycles. The summed E-state index contributed by atoms with van der Waals surface area (Å²) in [6, 6.07) is 0. The quantitative estimate of drug-likeness (QED) is 0.655. The number of piperidine rings is 2. The Hall–Kier alpha value is -1.94. The topological polar surface area (TPSA) is 110 Å². The van der Waals surface area contributed by atoms with Gasteiger partial charge in [-0.1, -0.05) is 5.16 Å². The van der Waals surface area contributed by atoms with E-state index in [4.69, 9.17) is 9.26 Å². The first-order valence-electron chi connectivity index (χ1n) is 10.1. The standard InChI is InChI=1S/C19H29N3O6S/c1-4-27-19(24)15-7-10-21(11-8-15)18(23)16-6-5-9-22(12-16)29(25,26)17-13(2)20-28-14(17)3/h15-16H,4-12H2,1-3H3. The van der Waals surface area contributed by atoms with E-state index in [0.717, 1.165) is 0 Å². The smallest absolute Gasteiger partial charge is 0.309 e. The van der Waals surface area contributed by atoms with Crippen molar-refractivity contribution < 1.29 is 27.3 Å². The van der Waals surface area contributed by atoms with Crippen LogP contribution in [0.1, 0.15) is 44.1 Å². The Morgan fingerprint density at radius 3 is 2.41 bits per heavy atom. The average Bonchev–Trinajstić information content (AvgIpc) is 3.06. The number of aryl methyl sites for hydroxylation is 2. The summed E-state index contributed by atoms with van der Waals surface area (Å²) in [5, 5.41) is 3.75. The van der Waals surface area contributed by atoms with Crippen molar-refractivity contribution in [3.05, 3.63) is 11.5 Å². The third-order valence-electron chi connectivity index (χ3n) is 5.73. The number of ether oxygens (including phenoxy) is 1. The summed E-state index contributed by atoms with van der Waals surface area (Å²) in [5.41, 5.74) is 0.331. The molecule has 0 saturated carbocycles. The van der Waals surface area contributed by atoms with Gasteiger partial charge < -0.3 is 14.2 Å². The van der Waals surface area contributed by atoms with Gasteiger partial charge in [-0.05, 0) is 46.5 Å². The van der Waals surface area contributed by atoms with Gasteiger partial charge in [-0.25, -0.2) is 8.42 Å². The zero-order chi connectivity index (χ0) is 21.2. The molecule has 0 N–H and O–H groups in total. The molecule has 1 aromatic rings. The number of aromatic nitrogens is 1. The summed E-state index contributed by atoms with van der Waals surface area (Å²) >= 11 is 0. The van der Waals surface area contributed by atoms with Crippen molar-refractivity contribution in [3.8, 4) is 0 Å². The number of carbonyl (C=O) groups is 2. The number of hydrogen-bond donors (Lipinski definition) is 0. The highest BCUT2D eigenvalue weighted by Gasteiger charge is 2.38. The molecule has 3 rings (SSSR count). The van der Waals surface area contributed by atoms with E-state index in [2.05, 4.69) is 5.16 Å². The van der Waals surface area contributed by atoms with Gasteiger partial charge in [0.1, 0.15) is 10.6 Å². The Bertz CT molecular complexity index is 838. The molecule has 10 heteroatoms. The van der Waals surface area contributed by atoms with Crippen LogP contribution in [0.2, 0.25) is 0 Å². The lowest BCUT2D eigenvalue weighted by atomic mass is 9.93. The summed E-state index contributed by atoms with van der Waals surface area (Å²) < 4.78 is 37.6. The molecule has 2 saturated heterocycles. The minimum atomic E-state index is -3.76. The molecule has 0 aromatic carbocycles. The summed E-state index contributed by atoms with van der Waals surface area (Å²) in [5.74, 6) is -0.517. The molecule has 0 bridgehead atoms. The van der Waals surface area contributed by atoms with Gasteiger partial charge in [0.25, 0.3) is 0 Å². The molecule has 29 heavy (non-hydrogen) atoms. The fourth-order valence-corrected chi connectivity index (χ4v) is 6.00. The minimum Gasteiger partial charge on any atom is -0.466 e. The number of likely N-dealkylation sites (tertiary alicyclic amines) is 1. The van der Waals surface area contributed by atoms with Crippen molar-refractivity contribution >= 4 is 21.9 Å². The molecule has 2 fully saturated rings. The van der Waals surface area contributed by atoms with Crippen LogP contribution in [0.5, 0.6) is 0 Å². The SMILES string of the molecule is CCOC(=O)C1CCN(C(=O)C2CCCN(S(=O)(=O)c3c(C)noc3C)C2)CC1. The van der Waals surface area contributed by atoms with Crippen LogP contribution in [-0.4, -0.2) is 67.4 Å². The first-order valence-corrected chi connectivity index (χ1v) is 11.6. The van der Waals surface area contributed by atoms with Gasteiger partial charge in [0.2, 0.25) is 15.9 Å². The number of esters is 1. The average molecular weight is 428 g/mol. The molecule has 0 radical (unpaired) electrons. The predicted octanol–water partition coefficient (Wildman–Crippen LogP) is 1.49. The van der Waals surface area contributed by atoms with Crippen molar-refractivity contribution in [2.45, 2.75) is 51.3 Å². The molecule has 0 spiro atoms. The van der Waals surface area contributed by atoms with E-state index in [0.29, 0.717) is 57.6 Å². The van der Waals surface area contributed by atoms with Gasteiger partial charge in [0.15, 0.2) is 5.76 Å². The fraction of sp³-hybridized carbons (Fsp3) is 0.737. The second kappa shape index (κ2) is 8.83. The third kappa shape index (κ3) is 4.48. The third-order valence-corrected chi connectivity index (χ3v) is 7.84. The first kappa shape index (κ1) is 21.8. The van der Waals surface area contributed by atoms with E-state index in [1.165, 1.54) is 4.31 Å². The zero-order valence-electron chi connectivity index (χ0n) is 17.2. The molecule has 9 nitrogen and oxygen atoms in total. The first-order chi connectivity index (χ1) is 13.8. The van der Waals surface area contributed by atoms with Crippen molar-refractivity contribution in [3.63, 3.8) is 0 Å². The molecule has 2 aliphatic heterocycles. The van der Waals surface area contributed by atoms with Crippen LogP contribution in [0.25, 0.3) is 0 Å². The molecule has 0 aliphatic carbocycles. The number of amides is 1. The van der Waals surface area contributed by atoms with E-state index >= 15 is 0 Å². The number of hydrogen-bond acceptors (Lipinski definition) is 7. The Labute approximate surface area is 171 Å². The van der Waals surface area contributed by atoms with Gasteiger partial charge in [-0.3, -0.25) is 9.59 Å². The highest BCUT2D eigenvalue weighted by Crippen LogP contribution is 2.29. The molecule has 1 amide bonds. The maximum Gasteiger partial charge on any atom is 0.309 e. The molecule has 1 unspecified atom stereocenters. The van der Waals surface area contributed by atoms with Crippen LogP contribution >= 0.6 is 0 Å². The van der Waals surface area contributed by atoms with Crippen molar-refractivity contribution in [1.82, 2.24) is 14.4 Å². The van der Waals surface area contributed by atoms with Gasteiger partial charge in [-0.2, -0.15) is 4.31 Å². The van der Waals surface area contributed by atoms with Crippen LogP contribution < -0.4 is 0 Å². The zero-order valence-corrected chi connectivity index (χ0v) is 18.0. The van der Waals surface area contributed by atoms with E-state index in [1.54, 1.807) is 25.7 Å². The van der Waals surface area contributed by atoms with Crippen LogP contribution in [0.4, 0.5) is 0 Å². The van der Waals surface area contributed by atoms with Gasteiger partial charge in [-0.15, -0.1) is 0 Å². The van der Waals surface area contributed by atoms with Gasteiger partial charge in [0, 0.05) is 26.2 Å². The monoisotopic (exact) mass is 427 g/mol. The number of nitrogens with zero attached hydrogens (tertiary/aromatic N) is 3. The molecular formula is C19H29N3O6S.